The maximum atomic E-state index is 12.5. The molecule has 5 rings (SSSR count). The van der Waals surface area contributed by atoms with Crippen LogP contribution in [0, 0.1) is 0 Å². The van der Waals surface area contributed by atoms with Crippen LogP contribution in [0.4, 0.5) is 17.3 Å². The molecule has 1 aliphatic rings. The molecule has 0 unspecified atom stereocenters. The quantitative estimate of drug-likeness (QED) is 0.369. The number of nitrogens with zero attached hydrogens (tertiary/aromatic N) is 6. The molecule has 35 heavy (non-hydrogen) atoms. The van der Waals surface area contributed by atoms with Crippen LogP contribution in [0.25, 0.3) is 11.0 Å². The van der Waals surface area contributed by atoms with Gasteiger partial charge in [-0.2, -0.15) is 10.1 Å². The molecule has 4 aromatic rings. The van der Waals surface area contributed by atoms with Gasteiger partial charge in [0.2, 0.25) is 16.0 Å². The number of rotatable bonds is 7. The van der Waals surface area contributed by atoms with Crippen LogP contribution < -0.4 is 9.62 Å². The van der Waals surface area contributed by atoms with Gasteiger partial charge in [0.1, 0.15) is 0 Å². The largest absolute Gasteiger partial charge is 0.324 e. The Labute approximate surface area is 205 Å². The minimum absolute atomic E-state index is 0.235. The third-order valence-corrected chi connectivity index (χ3v) is 7.53. The van der Waals surface area contributed by atoms with Crippen LogP contribution in [-0.4, -0.2) is 39.4 Å². The van der Waals surface area contributed by atoms with Crippen LogP contribution in [0.1, 0.15) is 50.1 Å². The maximum Gasteiger partial charge on any atom is 0.232 e. The standard InChI is InChI=1S/C25H29N7O2S/c1-35(33,34)31(18-19-12-14-26-15-13-19)22-10-8-21(9-11-22)29-25-27-16-20-17-28-32(24(20)30-25)23-6-4-2-3-5-7-23/h8-17,23H,2-7,18H2,1H3,(H,27,29,30). The van der Waals surface area contributed by atoms with Crippen molar-refractivity contribution in [3.63, 3.8) is 0 Å². The second kappa shape index (κ2) is 9.99. The van der Waals surface area contributed by atoms with Gasteiger partial charge in [-0.05, 0) is 54.8 Å². The minimum Gasteiger partial charge on any atom is -0.324 e. The van der Waals surface area contributed by atoms with Crippen LogP contribution in [0.2, 0.25) is 0 Å². The number of sulfonamides is 1. The second-order valence-corrected chi connectivity index (χ2v) is 10.9. The summed E-state index contributed by atoms with van der Waals surface area (Å²) in [6.45, 7) is 0.235. The van der Waals surface area contributed by atoms with Crippen LogP contribution in [0.3, 0.4) is 0 Å². The molecule has 3 heterocycles. The average Bonchev–Trinajstić information content (AvgIpc) is 3.08. The van der Waals surface area contributed by atoms with Crippen LogP contribution in [-0.2, 0) is 16.6 Å². The highest BCUT2D eigenvalue weighted by atomic mass is 32.2. The van der Waals surface area contributed by atoms with E-state index in [1.54, 1.807) is 42.9 Å². The lowest BCUT2D eigenvalue weighted by molar-refractivity contribution is 0.415. The van der Waals surface area contributed by atoms with E-state index in [0.717, 1.165) is 35.1 Å². The molecule has 3 aromatic heterocycles. The monoisotopic (exact) mass is 491 g/mol. The predicted molar refractivity (Wildman–Crippen MR) is 137 cm³/mol. The van der Waals surface area contributed by atoms with Crippen molar-refractivity contribution in [2.75, 3.05) is 15.9 Å². The van der Waals surface area contributed by atoms with E-state index < -0.39 is 10.0 Å². The zero-order valence-electron chi connectivity index (χ0n) is 19.7. The maximum absolute atomic E-state index is 12.5. The first-order chi connectivity index (χ1) is 17.0. The number of hydrogen-bond donors (Lipinski definition) is 1. The topological polar surface area (TPSA) is 106 Å². The van der Waals surface area contributed by atoms with Gasteiger partial charge in [0.15, 0.2) is 5.65 Å². The summed E-state index contributed by atoms with van der Waals surface area (Å²) in [4.78, 5) is 13.2. The van der Waals surface area contributed by atoms with Crippen molar-refractivity contribution in [1.82, 2.24) is 24.7 Å². The molecule has 182 valence electrons. The lowest BCUT2D eigenvalue weighted by atomic mass is 10.1. The molecule has 0 atom stereocenters. The summed E-state index contributed by atoms with van der Waals surface area (Å²) >= 11 is 0. The van der Waals surface area contributed by atoms with Crippen molar-refractivity contribution in [2.45, 2.75) is 51.1 Å². The van der Waals surface area contributed by atoms with Crippen molar-refractivity contribution < 1.29 is 8.42 Å². The zero-order chi connectivity index (χ0) is 24.3. The zero-order valence-corrected chi connectivity index (χ0v) is 20.5. The van der Waals surface area contributed by atoms with Crippen molar-refractivity contribution in [3.8, 4) is 0 Å². The first kappa shape index (κ1) is 23.2. The number of aromatic nitrogens is 5. The summed E-state index contributed by atoms with van der Waals surface area (Å²) in [5.41, 5.74) is 3.05. The smallest absolute Gasteiger partial charge is 0.232 e. The SMILES string of the molecule is CS(=O)(=O)N(Cc1ccncc1)c1ccc(Nc2ncc3cnn(C4CCCCCC4)c3n2)cc1. The highest BCUT2D eigenvalue weighted by molar-refractivity contribution is 7.92. The first-order valence-corrected chi connectivity index (χ1v) is 13.8. The fraction of sp³-hybridized carbons (Fsp3) is 0.360. The molecular formula is C25H29N7O2S. The predicted octanol–water partition coefficient (Wildman–Crippen LogP) is 4.83. The summed E-state index contributed by atoms with van der Waals surface area (Å²) in [5.74, 6) is 0.484. The molecule has 1 aliphatic carbocycles. The molecule has 1 aromatic carbocycles. The van der Waals surface area contributed by atoms with Crippen molar-refractivity contribution in [2.24, 2.45) is 0 Å². The Morgan fingerprint density at radius 2 is 1.71 bits per heavy atom. The average molecular weight is 492 g/mol. The van der Waals surface area contributed by atoms with Gasteiger partial charge in [0, 0.05) is 24.3 Å². The summed E-state index contributed by atoms with van der Waals surface area (Å²) < 4.78 is 28.4. The van der Waals surface area contributed by atoms with Crippen LogP contribution in [0.15, 0.2) is 61.2 Å². The summed E-state index contributed by atoms with van der Waals surface area (Å²) in [6.07, 6.45) is 15.4. The number of nitrogens with one attached hydrogen (secondary N) is 1. The van der Waals surface area contributed by atoms with Crippen LogP contribution in [0.5, 0.6) is 0 Å². The third-order valence-electron chi connectivity index (χ3n) is 6.39. The Morgan fingerprint density at radius 1 is 1.00 bits per heavy atom. The molecule has 0 amide bonds. The molecule has 0 bridgehead atoms. The second-order valence-electron chi connectivity index (χ2n) is 9.00. The molecule has 0 saturated heterocycles. The van der Waals surface area contributed by atoms with Gasteiger partial charge in [-0.1, -0.05) is 25.7 Å². The lowest BCUT2D eigenvalue weighted by Crippen LogP contribution is -2.29. The van der Waals surface area contributed by atoms with E-state index in [9.17, 15) is 8.42 Å². The Kier molecular flexibility index (Phi) is 6.63. The van der Waals surface area contributed by atoms with E-state index in [4.69, 9.17) is 4.98 Å². The summed E-state index contributed by atoms with van der Waals surface area (Å²) in [5, 5.41) is 8.79. The Balaban J connectivity index is 1.36. The Morgan fingerprint density at radius 3 is 2.40 bits per heavy atom. The number of hydrogen-bond acceptors (Lipinski definition) is 7. The highest BCUT2D eigenvalue weighted by Crippen LogP contribution is 2.29. The van der Waals surface area contributed by atoms with E-state index in [1.807, 2.05) is 18.3 Å². The van der Waals surface area contributed by atoms with Crippen LogP contribution >= 0.6 is 0 Å². The third kappa shape index (κ3) is 5.43. The van der Waals surface area contributed by atoms with Gasteiger partial charge >= 0.3 is 0 Å². The molecule has 0 spiro atoms. The fourth-order valence-electron chi connectivity index (χ4n) is 4.56. The van der Waals surface area contributed by atoms with Crippen molar-refractivity contribution >= 4 is 38.4 Å². The molecule has 0 radical (unpaired) electrons. The van der Waals surface area contributed by atoms with Gasteiger partial charge in [-0.3, -0.25) is 9.29 Å². The van der Waals surface area contributed by atoms with E-state index >= 15 is 0 Å². The summed E-state index contributed by atoms with van der Waals surface area (Å²) in [6, 6.07) is 11.2. The van der Waals surface area contributed by atoms with Crippen molar-refractivity contribution in [1.29, 1.82) is 0 Å². The molecular weight excluding hydrogens is 462 g/mol. The van der Waals surface area contributed by atoms with E-state index in [-0.39, 0.29) is 6.54 Å². The van der Waals surface area contributed by atoms with Gasteiger partial charge in [-0.15, -0.1) is 0 Å². The molecule has 0 aliphatic heterocycles. The molecule has 10 heteroatoms. The van der Waals surface area contributed by atoms with E-state index in [0.29, 0.717) is 17.7 Å². The van der Waals surface area contributed by atoms with Crippen molar-refractivity contribution in [3.05, 3.63) is 66.7 Å². The van der Waals surface area contributed by atoms with E-state index in [2.05, 4.69) is 25.1 Å². The molecule has 1 saturated carbocycles. The van der Waals surface area contributed by atoms with Gasteiger partial charge in [-0.25, -0.2) is 18.1 Å². The number of fused-ring (bicyclic) bond motifs is 1. The molecule has 1 N–H and O–H groups in total. The number of benzene rings is 1. The molecule has 9 nitrogen and oxygen atoms in total. The van der Waals surface area contributed by atoms with E-state index in [1.165, 1.54) is 36.2 Å². The minimum atomic E-state index is -3.47. The Bertz CT molecular complexity index is 1380. The van der Waals surface area contributed by atoms with Gasteiger partial charge < -0.3 is 5.32 Å². The lowest BCUT2D eigenvalue weighted by Gasteiger charge is -2.22. The number of pyridine rings is 1. The van der Waals surface area contributed by atoms with Gasteiger partial charge in [0.25, 0.3) is 0 Å². The fourth-order valence-corrected chi connectivity index (χ4v) is 5.45. The normalized spacial score (nSPS) is 15.1. The Hall–Kier alpha value is -3.53. The number of anilines is 3. The highest BCUT2D eigenvalue weighted by Gasteiger charge is 2.19. The first-order valence-electron chi connectivity index (χ1n) is 11.9. The summed E-state index contributed by atoms with van der Waals surface area (Å²) in [7, 11) is -3.47. The van der Waals surface area contributed by atoms with Gasteiger partial charge in [0.05, 0.1) is 36.1 Å². The molecule has 1 fully saturated rings.